The van der Waals surface area contributed by atoms with Crippen molar-refractivity contribution in [1.29, 1.82) is 0 Å². The summed E-state index contributed by atoms with van der Waals surface area (Å²) in [6, 6.07) is 12.7. The highest BCUT2D eigenvalue weighted by Gasteiger charge is 2.19. The predicted molar refractivity (Wildman–Crippen MR) is 104 cm³/mol. The van der Waals surface area contributed by atoms with Gasteiger partial charge in [-0.05, 0) is 48.2 Å². The fourth-order valence-electron chi connectivity index (χ4n) is 2.90. The largest absolute Gasteiger partial charge is 0.339 e. The summed E-state index contributed by atoms with van der Waals surface area (Å²) in [4.78, 5) is 14.2. The van der Waals surface area contributed by atoms with E-state index in [9.17, 15) is 9.00 Å². The predicted octanol–water partition coefficient (Wildman–Crippen LogP) is 4.68. The van der Waals surface area contributed by atoms with Crippen LogP contribution in [0.3, 0.4) is 0 Å². The molecule has 0 radical (unpaired) electrons. The molecule has 2 aromatic rings. The van der Waals surface area contributed by atoms with Crippen molar-refractivity contribution in [3.8, 4) is 0 Å². The molecule has 1 aliphatic rings. The van der Waals surface area contributed by atoms with Crippen LogP contribution in [-0.4, -0.2) is 28.1 Å². The van der Waals surface area contributed by atoms with Gasteiger partial charge in [0.2, 0.25) is 0 Å². The van der Waals surface area contributed by atoms with Crippen LogP contribution in [0, 0.1) is 0 Å². The molecule has 0 bridgehead atoms. The van der Waals surface area contributed by atoms with E-state index in [1.54, 1.807) is 12.1 Å². The van der Waals surface area contributed by atoms with Crippen LogP contribution in [0.15, 0.2) is 42.5 Å². The summed E-state index contributed by atoms with van der Waals surface area (Å²) in [6.07, 6.45) is 2.16. The van der Waals surface area contributed by atoms with Gasteiger partial charge in [0.25, 0.3) is 5.91 Å². The van der Waals surface area contributed by atoms with E-state index in [1.165, 1.54) is 0 Å². The summed E-state index contributed by atoms with van der Waals surface area (Å²) >= 11 is 11.9. The summed E-state index contributed by atoms with van der Waals surface area (Å²) in [5.74, 6) is 0.949. The van der Waals surface area contributed by atoms with Gasteiger partial charge in [0, 0.05) is 41.0 Å². The van der Waals surface area contributed by atoms with Crippen molar-refractivity contribution in [1.82, 2.24) is 4.90 Å². The maximum atomic E-state index is 12.4. The average Bonchev–Trinajstić information content (AvgIpc) is 3.13. The molecule has 0 N–H and O–H groups in total. The number of benzene rings is 2. The number of nitrogens with zero attached hydrogens (tertiary/aromatic N) is 1. The van der Waals surface area contributed by atoms with Crippen molar-refractivity contribution in [2.75, 3.05) is 13.1 Å². The van der Waals surface area contributed by atoms with Crippen LogP contribution in [0.1, 0.15) is 34.3 Å². The first-order chi connectivity index (χ1) is 12.0. The Morgan fingerprint density at radius 3 is 2.16 bits per heavy atom. The molecule has 2 aromatic carbocycles. The first-order valence-electron chi connectivity index (χ1n) is 8.20. The summed E-state index contributed by atoms with van der Waals surface area (Å²) < 4.78 is 12.4. The summed E-state index contributed by atoms with van der Waals surface area (Å²) in [5.41, 5.74) is 2.55. The van der Waals surface area contributed by atoms with E-state index in [2.05, 4.69) is 0 Å². The lowest BCUT2D eigenvalue weighted by molar-refractivity contribution is 0.0793. The minimum absolute atomic E-state index is 0.0842. The van der Waals surface area contributed by atoms with Gasteiger partial charge in [-0.3, -0.25) is 9.00 Å². The van der Waals surface area contributed by atoms with Crippen LogP contribution >= 0.6 is 23.2 Å². The second kappa shape index (κ2) is 8.35. The smallest absolute Gasteiger partial charge is 0.253 e. The third-order valence-corrected chi connectivity index (χ3v) is 6.28. The molecule has 1 atom stereocenters. The Balaban J connectivity index is 1.59. The van der Waals surface area contributed by atoms with Gasteiger partial charge in [-0.2, -0.15) is 0 Å². The molecule has 1 saturated heterocycles. The van der Waals surface area contributed by atoms with Crippen LogP contribution in [-0.2, 0) is 22.3 Å². The third-order valence-electron chi connectivity index (χ3n) is 4.23. The zero-order valence-corrected chi connectivity index (χ0v) is 16.0. The Bertz CT molecular complexity index is 787. The number of halogens is 2. The van der Waals surface area contributed by atoms with Gasteiger partial charge in [0.1, 0.15) is 0 Å². The van der Waals surface area contributed by atoms with Gasteiger partial charge in [-0.15, -0.1) is 0 Å². The number of carbonyl (C=O) groups is 1. The molecule has 3 nitrogen and oxygen atoms in total. The molecule has 0 aliphatic carbocycles. The van der Waals surface area contributed by atoms with E-state index < -0.39 is 10.8 Å². The maximum Gasteiger partial charge on any atom is 0.253 e. The SMILES string of the molecule is O=C(c1ccc(CS(=O)Cc2ccc(Cl)c(Cl)c2)cc1)N1CCCC1. The van der Waals surface area contributed by atoms with E-state index >= 15 is 0 Å². The molecule has 0 saturated carbocycles. The van der Waals surface area contributed by atoms with E-state index in [1.807, 2.05) is 35.2 Å². The van der Waals surface area contributed by atoms with E-state index in [0.29, 0.717) is 27.1 Å². The number of hydrogen-bond donors (Lipinski definition) is 0. The molecule has 1 fully saturated rings. The fourth-order valence-corrected chi connectivity index (χ4v) is 4.44. The van der Waals surface area contributed by atoms with E-state index in [0.717, 1.165) is 37.1 Å². The molecule has 1 heterocycles. The van der Waals surface area contributed by atoms with Crippen LogP contribution in [0.5, 0.6) is 0 Å². The Kier molecular flexibility index (Phi) is 6.15. The van der Waals surface area contributed by atoms with Gasteiger partial charge in [-0.1, -0.05) is 41.4 Å². The van der Waals surface area contributed by atoms with Crippen LogP contribution in [0.25, 0.3) is 0 Å². The van der Waals surface area contributed by atoms with Gasteiger partial charge in [0.15, 0.2) is 0 Å². The van der Waals surface area contributed by atoms with Crippen molar-refractivity contribution in [2.45, 2.75) is 24.3 Å². The highest BCUT2D eigenvalue weighted by atomic mass is 35.5. The molecule has 6 heteroatoms. The van der Waals surface area contributed by atoms with Gasteiger partial charge < -0.3 is 4.90 Å². The van der Waals surface area contributed by atoms with Gasteiger partial charge in [0.05, 0.1) is 10.0 Å². The standard InChI is InChI=1S/C19H19Cl2NO2S/c20-17-8-5-15(11-18(17)21)13-25(24)12-14-3-6-16(7-4-14)19(23)22-9-1-2-10-22/h3-8,11H,1-2,9-10,12-13H2. The van der Waals surface area contributed by atoms with Crippen LogP contribution in [0.2, 0.25) is 10.0 Å². The van der Waals surface area contributed by atoms with Crippen molar-refractivity contribution >= 4 is 39.9 Å². The Morgan fingerprint density at radius 1 is 0.920 bits per heavy atom. The molecule has 1 amide bonds. The minimum Gasteiger partial charge on any atom is -0.339 e. The number of carbonyl (C=O) groups excluding carboxylic acids is 1. The highest BCUT2D eigenvalue weighted by Crippen LogP contribution is 2.23. The maximum absolute atomic E-state index is 12.4. The number of likely N-dealkylation sites (tertiary alicyclic amines) is 1. The van der Waals surface area contributed by atoms with Crippen molar-refractivity contribution in [3.05, 3.63) is 69.2 Å². The van der Waals surface area contributed by atoms with Crippen molar-refractivity contribution in [3.63, 3.8) is 0 Å². The lowest BCUT2D eigenvalue weighted by Crippen LogP contribution is -2.27. The number of hydrogen-bond acceptors (Lipinski definition) is 2. The van der Waals surface area contributed by atoms with E-state index in [4.69, 9.17) is 23.2 Å². The van der Waals surface area contributed by atoms with Gasteiger partial charge in [-0.25, -0.2) is 0 Å². The molecular weight excluding hydrogens is 377 g/mol. The molecule has 0 spiro atoms. The lowest BCUT2D eigenvalue weighted by Gasteiger charge is -2.15. The monoisotopic (exact) mass is 395 g/mol. The third kappa shape index (κ3) is 4.84. The fraction of sp³-hybridized carbons (Fsp3) is 0.316. The number of amides is 1. The summed E-state index contributed by atoms with van der Waals surface area (Å²) in [7, 11) is -1.05. The van der Waals surface area contributed by atoms with E-state index in [-0.39, 0.29) is 5.91 Å². The zero-order chi connectivity index (χ0) is 17.8. The van der Waals surface area contributed by atoms with Crippen molar-refractivity contribution in [2.24, 2.45) is 0 Å². The molecule has 132 valence electrons. The molecule has 25 heavy (non-hydrogen) atoms. The molecule has 3 rings (SSSR count). The second-order valence-electron chi connectivity index (χ2n) is 6.17. The Hall–Kier alpha value is -1.36. The first-order valence-corrected chi connectivity index (χ1v) is 10.4. The topological polar surface area (TPSA) is 37.4 Å². The van der Waals surface area contributed by atoms with Crippen LogP contribution in [0.4, 0.5) is 0 Å². The number of rotatable bonds is 5. The average molecular weight is 396 g/mol. The normalized spacial score (nSPS) is 15.4. The summed E-state index contributed by atoms with van der Waals surface area (Å²) in [6.45, 7) is 1.68. The zero-order valence-electron chi connectivity index (χ0n) is 13.7. The highest BCUT2D eigenvalue weighted by molar-refractivity contribution is 7.83. The Labute approximate surface area is 160 Å². The second-order valence-corrected chi connectivity index (χ2v) is 8.44. The summed E-state index contributed by atoms with van der Waals surface area (Å²) in [5, 5.41) is 0.968. The van der Waals surface area contributed by atoms with Crippen LogP contribution < -0.4 is 0 Å². The molecule has 1 aliphatic heterocycles. The van der Waals surface area contributed by atoms with Crippen molar-refractivity contribution < 1.29 is 9.00 Å². The quantitative estimate of drug-likeness (QED) is 0.736. The Morgan fingerprint density at radius 2 is 1.52 bits per heavy atom. The minimum atomic E-state index is -1.05. The molecule has 0 aromatic heterocycles. The van der Waals surface area contributed by atoms with Gasteiger partial charge >= 0.3 is 0 Å². The molecule has 1 unspecified atom stereocenters. The lowest BCUT2D eigenvalue weighted by atomic mass is 10.1. The first kappa shape index (κ1) is 18.4. The molecular formula is C19H19Cl2NO2S.